The zero-order valence-electron chi connectivity index (χ0n) is 27.9. The highest BCUT2D eigenvalue weighted by Crippen LogP contribution is 2.41. The van der Waals surface area contributed by atoms with Crippen molar-refractivity contribution in [1.29, 1.82) is 0 Å². The van der Waals surface area contributed by atoms with Gasteiger partial charge in [0.1, 0.15) is 0 Å². The second-order valence-electron chi connectivity index (χ2n) is 13.6. The number of hydrogen-bond acceptors (Lipinski definition) is 1. The molecular weight excluding hydrogens is 637 g/mol. The van der Waals surface area contributed by atoms with Gasteiger partial charge in [-0.05, 0) is 114 Å². The Balaban J connectivity index is 1.11. The van der Waals surface area contributed by atoms with E-state index in [-0.39, 0.29) is 0 Å². The van der Waals surface area contributed by atoms with Gasteiger partial charge in [-0.15, -0.1) is 11.3 Å². The summed E-state index contributed by atoms with van der Waals surface area (Å²) in [6, 6.07) is 56.3. The predicted molar refractivity (Wildman–Crippen MR) is 220 cm³/mol. The third-order valence-corrected chi connectivity index (χ3v) is 11.9. The van der Waals surface area contributed by atoms with E-state index >= 15 is 0 Å². The summed E-state index contributed by atoms with van der Waals surface area (Å²) in [4.78, 5) is 0. The number of rotatable bonds is 4. The summed E-state index contributed by atoms with van der Waals surface area (Å²) in [7, 11) is 0. The van der Waals surface area contributed by atoms with Crippen LogP contribution >= 0.6 is 11.3 Å². The predicted octanol–water partition coefficient (Wildman–Crippen LogP) is 13.6. The van der Waals surface area contributed by atoms with Gasteiger partial charge in [0.15, 0.2) is 0 Å². The maximum atomic E-state index is 2.44. The first-order valence-electron chi connectivity index (χ1n) is 17.7. The number of aromatic nitrogens is 2. The highest BCUT2D eigenvalue weighted by atomic mass is 32.1. The Morgan fingerprint density at radius 2 is 0.980 bits per heavy atom. The number of nitrogens with zero attached hydrogens (tertiary/aromatic N) is 2. The summed E-state index contributed by atoms with van der Waals surface area (Å²) in [6.45, 7) is 0. The Hall–Kier alpha value is -6.16. The molecular formula is C48H32N2S. The monoisotopic (exact) mass is 668 g/mol. The molecule has 3 heterocycles. The first kappa shape index (κ1) is 28.7. The molecule has 0 atom stereocenters. The highest BCUT2D eigenvalue weighted by Gasteiger charge is 2.18. The van der Waals surface area contributed by atoms with Gasteiger partial charge in [-0.2, -0.15) is 0 Å². The maximum Gasteiger partial charge on any atom is 0.0541 e. The Bertz CT molecular complexity index is 3070. The average Bonchev–Trinajstić information content (AvgIpc) is 3.85. The number of allylic oxidation sites excluding steroid dienone is 4. The smallest absolute Gasteiger partial charge is 0.0541 e. The molecule has 0 saturated heterocycles. The number of hydrogen-bond donors (Lipinski definition) is 0. The maximum absolute atomic E-state index is 2.44. The molecule has 1 aliphatic rings. The molecule has 7 aromatic carbocycles. The van der Waals surface area contributed by atoms with E-state index in [9.17, 15) is 0 Å². The minimum Gasteiger partial charge on any atom is -0.309 e. The first-order valence-corrected chi connectivity index (χ1v) is 18.6. The summed E-state index contributed by atoms with van der Waals surface area (Å²) in [5.41, 5.74) is 12.3. The molecule has 3 aromatic heterocycles. The molecule has 0 spiro atoms. The summed E-state index contributed by atoms with van der Waals surface area (Å²) >= 11 is 1.87. The zero-order valence-corrected chi connectivity index (χ0v) is 28.7. The lowest BCUT2D eigenvalue weighted by Crippen LogP contribution is -1.93. The zero-order chi connectivity index (χ0) is 33.5. The normalized spacial score (nSPS) is 13.4. The Morgan fingerprint density at radius 3 is 1.73 bits per heavy atom. The molecule has 0 aliphatic heterocycles. The second kappa shape index (κ2) is 11.2. The number of fused-ring (bicyclic) bond motifs is 9. The first-order chi connectivity index (χ1) is 25.3. The molecule has 2 nitrogen and oxygen atoms in total. The van der Waals surface area contributed by atoms with E-state index in [1.165, 1.54) is 97.4 Å². The van der Waals surface area contributed by atoms with Crippen molar-refractivity contribution < 1.29 is 0 Å². The van der Waals surface area contributed by atoms with Crippen molar-refractivity contribution in [2.24, 2.45) is 0 Å². The topological polar surface area (TPSA) is 9.86 Å². The van der Waals surface area contributed by atoms with Crippen LogP contribution in [-0.4, -0.2) is 9.13 Å². The van der Waals surface area contributed by atoms with E-state index < -0.39 is 0 Å². The quantitative estimate of drug-likeness (QED) is 0.177. The van der Waals surface area contributed by atoms with Gasteiger partial charge in [-0.1, -0.05) is 91.0 Å². The van der Waals surface area contributed by atoms with Gasteiger partial charge >= 0.3 is 0 Å². The van der Waals surface area contributed by atoms with Crippen LogP contribution in [0.25, 0.3) is 91.9 Å². The van der Waals surface area contributed by atoms with Crippen LogP contribution < -0.4 is 0 Å². The van der Waals surface area contributed by atoms with Gasteiger partial charge in [-0.3, -0.25) is 0 Å². The SMILES string of the molecule is C1=CC(c2ccc3c(c2)c2cc(-c4ccc5c(c4)c4ccccc4n5-c4ccc5sc6ccccc6c5c4)ccc2n3-c2ccccc2)=CCC1. The van der Waals surface area contributed by atoms with Crippen LogP contribution in [0.4, 0.5) is 0 Å². The fraction of sp³-hybridized carbons (Fsp3) is 0.0417. The molecule has 3 heteroatoms. The van der Waals surface area contributed by atoms with Gasteiger partial charge in [0.2, 0.25) is 0 Å². The minimum atomic E-state index is 1.10. The average molecular weight is 669 g/mol. The third kappa shape index (κ3) is 4.42. The largest absolute Gasteiger partial charge is 0.309 e. The fourth-order valence-corrected chi connectivity index (χ4v) is 9.44. The summed E-state index contributed by atoms with van der Waals surface area (Å²) in [5.74, 6) is 0. The molecule has 11 rings (SSSR count). The molecule has 0 amide bonds. The van der Waals surface area contributed by atoms with Crippen molar-refractivity contribution in [1.82, 2.24) is 9.13 Å². The number of para-hydroxylation sites is 2. The third-order valence-electron chi connectivity index (χ3n) is 10.7. The summed E-state index contributed by atoms with van der Waals surface area (Å²) < 4.78 is 7.51. The van der Waals surface area contributed by atoms with E-state index in [2.05, 4.69) is 179 Å². The molecule has 0 bridgehead atoms. The van der Waals surface area contributed by atoms with Gasteiger partial charge in [0.05, 0.1) is 22.1 Å². The lowest BCUT2D eigenvalue weighted by atomic mass is 9.97. The summed E-state index contributed by atoms with van der Waals surface area (Å²) in [6.07, 6.45) is 9.15. The molecule has 240 valence electrons. The molecule has 1 aliphatic carbocycles. The molecule has 0 unspecified atom stereocenters. The van der Waals surface area contributed by atoms with Crippen molar-refractivity contribution in [3.8, 4) is 22.5 Å². The lowest BCUT2D eigenvalue weighted by Gasteiger charge is -2.10. The van der Waals surface area contributed by atoms with Crippen LogP contribution in [0.1, 0.15) is 18.4 Å². The molecule has 10 aromatic rings. The molecule has 0 saturated carbocycles. The molecule has 0 N–H and O–H groups in total. The van der Waals surface area contributed by atoms with Crippen molar-refractivity contribution in [2.75, 3.05) is 0 Å². The summed E-state index contributed by atoms with van der Waals surface area (Å²) in [5, 5.41) is 7.73. The van der Waals surface area contributed by atoms with Crippen molar-refractivity contribution in [3.63, 3.8) is 0 Å². The van der Waals surface area contributed by atoms with Crippen LogP contribution in [0.15, 0.2) is 170 Å². The molecule has 51 heavy (non-hydrogen) atoms. The molecule has 0 fully saturated rings. The standard InChI is InChI=1S/C48H32N2S/c1-3-11-31(12-4-1)32-19-23-45-40(27-32)41-29-34(21-25-46(41)49(45)35-13-5-2-6-14-35)33-20-24-44-39(28-33)37-15-7-9-17-43(37)50(44)36-22-26-48-42(30-36)38-16-8-10-18-47(38)51-48/h2-3,5-30H,1,4H2. The number of thiophene rings is 1. The van der Waals surface area contributed by atoms with Crippen molar-refractivity contribution in [2.45, 2.75) is 12.8 Å². The van der Waals surface area contributed by atoms with Gasteiger partial charge in [0.25, 0.3) is 0 Å². The van der Waals surface area contributed by atoms with Crippen LogP contribution in [0, 0.1) is 0 Å². The van der Waals surface area contributed by atoms with Crippen molar-refractivity contribution >= 4 is 80.7 Å². The van der Waals surface area contributed by atoms with Crippen LogP contribution in [0.5, 0.6) is 0 Å². The molecule has 0 radical (unpaired) electrons. The number of benzene rings is 7. The van der Waals surface area contributed by atoms with Gasteiger partial charge in [0, 0.05) is 53.1 Å². The van der Waals surface area contributed by atoms with E-state index in [0.717, 1.165) is 12.8 Å². The van der Waals surface area contributed by atoms with Crippen LogP contribution in [0.3, 0.4) is 0 Å². The minimum absolute atomic E-state index is 1.10. The van der Waals surface area contributed by atoms with E-state index in [0.29, 0.717) is 0 Å². The van der Waals surface area contributed by atoms with Crippen LogP contribution in [0.2, 0.25) is 0 Å². The van der Waals surface area contributed by atoms with Crippen molar-refractivity contribution in [3.05, 3.63) is 175 Å². The second-order valence-corrected chi connectivity index (χ2v) is 14.7. The fourth-order valence-electron chi connectivity index (χ4n) is 8.35. The van der Waals surface area contributed by atoms with Gasteiger partial charge in [-0.25, -0.2) is 0 Å². The van der Waals surface area contributed by atoms with Crippen LogP contribution in [-0.2, 0) is 0 Å². The van der Waals surface area contributed by atoms with E-state index in [1.54, 1.807) is 0 Å². The van der Waals surface area contributed by atoms with E-state index in [1.807, 2.05) is 11.3 Å². The lowest BCUT2D eigenvalue weighted by molar-refractivity contribution is 1.04. The van der Waals surface area contributed by atoms with E-state index in [4.69, 9.17) is 0 Å². The van der Waals surface area contributed by atoms with Gasteiger partial charge < -0.3 is 9.13 Å². The Kier molecular flexibility index (Phi) is 6.28. The Labute approximate surface area is 299 Å². The Morgan fingerprint density at radius 1 is 0.392 bits per heavy atom. The highest BCUT2D eigenvalue weighted by molar-refractivity contribution is 7.25.